The molecule has 18 nitrogen and oxygen atoms in total. The third-order valence-corrected chi connectivity index (χ3v) is 9.14. The number of thiol groups is 1. The number of hydrogen-bond donors (Lipinski definition) is 4. The van der Waals surface area contributed by atoms with Gasteiger partial charge in [0.1, 0.15) is 6.10 Å². The maximum absolute atomic E-state index is 15.9. The van der Waals surface area contributed by atoms with Crippen molar-refractivity contribution in [2.75, 3.05) is 12.3 Å². The second-order valence-corrected chi connectivity index (χ2v) is 12.9. The topological polar surface area (TPSA) is 233 Å². The number of aromatic amines is 2. The Morgan fingerprint density at radius 1 is 1.00 bits per heavy atom. The first-order valence-electron chi connectivity index (χ1n) is 12.8. The summed E-state index contributed by atoms with van der Waals surface area (Å²) >= 11 is 4.02. The standard InChI is InChI=1S/C20H22F2N11O7PS/c21-9-6-2-1-3-7-10(22)13(19(38-7)33-15-12(29-31-33)17(35)27-20(23)26-15)40-41(36,42)37-4-8(6)39-18(9)32-14-11(28-30-32)16(34)25-5-24-14/h5-10,13,18-19H,1-4H2,(H,36,42)(H,24,25,34)(H3,23,26,27,35)/t6-,7-,8-,9+,10-,13-,18-,19-,41?/m1/s1. The fourth-order valence-electron chi connectivity index (χ4n) is 5.59. The van der Waals surface area contributed by atoms with Crippen molar-refractivity contribution in [2.24, 2.45) is 5.92 Å². The molecule has 0 aliphatic carbocycles. The summed E-state index contributed by atoms with van der Waals surface area (Å²) in [5.41, 5.74) is 4.07. The average Bonchev–Trinajstić information content (AvgIpc) is 3.69. The fraction of sp³-hybridized carbons (Fsp3) is 0.600. The molecule has 3 saturated heterocycles. The average molecular weight is 630 g/mol. The largest absolute Gasteiger partial charge is 0.386 e. The number of fused-ring (bicyclic) bond motifs is 5. The molecule has 3 aliphatic heterocycles. The highest BCUT2D eigenvalue weighted by atomic mass is 32.7. The van der Waals surface area contributed by atoms with Gasteiger partial charge in [-0.1, -0.05) is 29.1 Å². The number of anilines is 1. The second kappa shape index (κ2) is 10.1. The lowest BCUT2D eigenvalue weighted by Crippen LogP contribution is -2.32. The Morgan fingerprint density at radius 2 is 1.71 bits per heavy atom. The molecule has 0 saturated carbocycles. The van der Waals surface area contributed by atoms with Crippen molar-refractivity contribution < 1.29 is 31.9 Å². The van der Waals surface area contributed by atoms with Gasteiger partial charge in [0.05, 0.1) is 25.1 Å². The van der Waals surface area contributed by atoms with Crippen molar-refractivity contribution >= 4 is 47.3 Å². The normalized spacial score (nSPS) is 35.7. The molecule has 4 aromatic rings. The van der Waals surface area contributed by atoms with E-state index in [1.165, 1.54) is 0 Å². The number of rotatable bonds is 2. The number of H-pyrrole nitrogens is 2. The van der Waals surface area contributed by atoms with Gasteiger partial charge in [-0.3, -0.25) is 23.6 Å². The fourth-order valence-corrected chi connectivity index (χ4v) is 7.04. The molecule has 22 heteroatoms. The Labute approximate surface area is 236 Å². The van der Waals surface area contributed by atoms with E-state index in [-0.39, 0.29) is 41.1 Å². The van der Waals surface area contributed by atoms with Crippen LogP contribution in [0.3, 0.4) is 0 Å². The predicted octanol–water partition coefficient (Wildman–Crippen LogP) is 0.336. The van der Waals surface area contributed by atoms with Crippen molar-refractivity contribution in [3.05, 3.63) is 27.0 Å². The SMILES string of the molecule is Nc1nc2c(nnn2[C@@H]2O[C@@H]3CCC[C@H]4[C@H](F)[C@H](n5nnc6c(=O)[nH]cnc65)O[C@@H]4COP(=O)(S)O[C@@H]2[C@@H]3F)c(=O)[nH]1. The minimum Gasteiger partial charge on any atom is -0.369 e. The Hall–Kier alpha value is -3.36. The molecule has 1 unspecified atom stereocenters. The van der Waals surface area contributed by atoms with Crippen LogP contribution in [0.15, 0.2) is 15.9 Å². The molecule has 7 heterocycles. The molecular weight excluding hydrogens is 607 g/mol. The number of nitrogens with zero attached hydrogens (tertiary/aromatic N) is 8. The smallest absolute Gasteiger partial charge is 0.369 e. The van der Waals surface area contributed by atoms with Gasteiger partial charge in [-0.2, -0.15) is 14.3 Å². The van der Waals surface area contributed by atoms with E-state index in [4.69, 9.17) is 24.3 Å². The number of aromatic nitrogens is 10. The van der Waals surface area contributed by atoms with E-state index in [9.17, 15) is 14.2 Å². The van der Waals surface area contributed by atoms with Crippen LogP contribution in [0.2, 0.25) is 0 Å². The highest BCUT2D eigenvalue weighted by Gasteiger charge is 2.53. The van der Waals surface area contributed by atoms with Gasteiger partial charge in [0, 0.05) is 5.92 Å². The van der Waals surface area contributed by atoms with Crippen LogP contribution in [0.1, 0.15) is 31.7 Å². The summed E-state index contributed by atoms with van der Waals surface area (Å²) in [4.78, 5) is 36.9. The molecule has 7 rings (SSSR count). The summed E-state index contributed by atoms with van der Waals surface area (Å²) in [5, 5.41) is 15.3. The molecule has 42 heavy (non-hydrogen) atoms. The van der Waals surface area contributed by atoms with E-state index in [0.717, 1.165) is 15.7 Å². The van der Waals surface area contributed by atoms with E-state index in [1.807, 2.05) is 0 Å². The summed E-state index contributed by atoms with van der Waals surface area (Å²) in [6, 6.07) is 0. The molecule has 3 fully saturated rings. The van der Waals surface area contributed by atoms with Gasteiger partial charge in [-0.15, -0.1) is 10.2 Å². The molecule has 9 atom stereocenters. The van der Waals surface area contributed by atoms with E-state index in [0.29, 0.717) is 6.42 Å². The number of nitrogens with two attached hydrogens (primary N) is 1. The lowest BCUT2D eigenvalue weighted by atomic mass is 9.92. The van der Waals surface area contributed by atoms with Crippen LogP contribution >= 0.6 is 19.0 Å². The van der Waals surface area contributed by atoms with Crippen molar-refractivity contribution in [3.63, 3.8) is 0 Å². The number of hydrogen-bond acceptors (Lipinski definition) is 14. The maximum atomic E-state index is 15.9. The van der Waals surface area contributed by atoms with Gasteiger partial charge < -0.3 is 20.2 Å². The Balaban J connectivity index is 1.17. The Bertz CT molecular complexity index is 1830. The minimum atomic E-state index is -4.33. The summed E-state index contributed by atoms with van der Waals surface area (Å²) < 4.78 is 69.9. The van der Waals surface area contributed by atoms with Crippen molar-refractivity contribution in [2.45, 2.75) is 62.4 Å². The Kier molecular flexibility index (Phi) is 6.62. The van der Waals surface area contributed by atoms with Gasteiger partial charge in [-0.05, 0) is 12.8 Å². The zero-order valence-corrected chi connectivity index (χ0v) is 23.0. The zero-order chi connectivity index (χ0) is 29.3. The Morgan fingerprint density at radius 3 is 2.50 bits per heavy atom. The van der Waals surface area contributed by atoms with Crippen LogP contribution in [0.4, 0.5) is 14.7 Å². The second-order valence-electron chi connectivity index (χ2n) is 10.0. The van der Waals surface area contributed by atoms with Crippen molar-refractivity contribution in [1.82, 2.24) is 49.9 Å². The van der Waals surface area contributed by atoms with Crippen LogP contribution < -0.4 is 16.9 Å². The third kappa shape index (κ3) is 4.51. The van der Waals surface area contributed by atoms with Crippen molar-refractivity contribution in [1.29, 1.82) is 0 Å². The molecule has 4 aromatic heterocycles. The van der Waals surface area contributed by atoms with Gasteiger partial charge >= 0.3 is 6.80 Å². The predicted molar refractivity (Wildman–Crippen MR) is 139 cm³/mol. The zero-order valence-electron chi connectivity index (χ0n) is 21.2. The molecule has 3 aliphatic rings. The molecule has 0 aromatic carbocycles. The van der Waals surface area contributed by atoms with Crippen LogP contribution in [0.5, 0.6) is 0 Å². The summed E-state index contributed by atoms with van der Waals surface area (Å²) in [6.07, 6.45) is -8.05. The number of halogens is 2. The lowest BCUT2D eigenvalue weighted by Gasteiger charge is -2.25. The lowest BCUT2D eigenvalue weighted by molar-refractivity contribution is -0.0486. The van der Waals surface area contributed by atoms with Crippen LogP contribution in [0, 0.1) is 5.92 Å². The van der Waals surface area contributed by atoms with Crippen LogP contribution in [-0.2, 0) is 23.1 Å². The van der Waals surface area contributed by atoms with E-state index >= 15 is 8.78 Å². The molecule has 4 N–H and O–H groups in total. The first-order chi connectivity index (χ1) is 20.1. The highest BCUT2D eigenvalue weighted by molar-refractivity contribution is 8.44. The van der Waals surface area contributed by atoms with E-state index in [2.05, 4.69) is 52.8 Å². The number of nitrogens with one attached hydrogen (secondary N) is 2. The quantitative estimate of drug-likeness (QED) is 0.173. The first kappa shape index (κ1) is 27.5. The summed E-state index contributed by atoms with van der Waals surface area (Å²) in [7, 11) is 0. The van der Waals surface area contributed by atoms with E-state index in [1.54, 1.807) is 0 Å². The molecular formula is C20H22F2N11O7PS. The third-order valence-electron chi connectivity index (χ3n) is 7.52. The maximum Gasteiger partial charge on any atom is 0.386 e. The number of alkyl halides is 2. The monoisotopic (exact) mass is 629 g/mol. The molecule has 2 bridgehead atoms. The molecule has 224 valence electrons. The molecule has 0 spiro atoms. The van der Waals surface area contributed by atoms with Crippen LogP contribution in [0.25, 0.3) is 22.3 Å². The van der Waals surface area contributed by atoms with Gasteiger partial charge in [0.25, 0.3) is 11.1 Å². The highest BCUT2D eigenvalue weighted by Crippen LogP contribution is 2.58. The van der Waals surface area contributed by atoms with Gasteiger partial charge in [0.15, 0.2) is 47.1 Å². The van der Waals surface area contributed by atoms with Crippen molar-refractivity contribution in [3.8, 4) is 0 Å². The minimum absolute atomic E-state index is 0.0173. The molecule has 0 radical (unpaired) electrons. The number of nitrogen functional groups attached to an aromatic ring is 1. The molecule has 0 amide bonds. The number of ether oxygens (including phenoxy) is 2. The van der Waals surface area contributed by atoms with Crippen LogP contribution in [-0.4, -0.2) is 87.2 Å². The summed E-state index contributed by atoms with van der Waals surface area (Å²) in [5.74, 6) is -1.05. The summed E-state index contributed by atoms with van der Waals surface area (Å²) in [6.45, 7) is -4.76. The van der Waals surface area contributed by atoms with Gasteiger partial charge in [0.2, 0.25) is 5.95 Å². The van der Waals surface area contributed by atoms with Gasteiger partial charge in [-0.25, -0.2) is 18.3 Å². The first-order valence-corrected chi connectivity index (χ1v) is 15.4. The van der Waals surface area contributed by atoms with E-state index < -0.39 is 73.6 Å².